The summed E-state index contributed by atoms with van der Waals surface area (Å²) >= 11 is 0. The summed E-state index contributed by atoms with van der Waals surface area (Å²) in [5, 5.41) is 15.6. The van der Waals surface area contributed by atoms with Gasteiger partial charge in [0.05, 0.1) is 30.4 Å². The highest BCUT2D eigenvalue weighted by Gasteiger charge is 2.39. The van der Waals surface area contributed by atoms with Gasteiger partial charge in [-0.25, -0.2) is 4.98 Å². The molecule has 1 aromatic heterocycles. The fourth-order valence-electron chi connectivity index (χ4n) is 7.32. The van der Waals surface area contributed by atoms with Crippen molar-refractivity contribution < 1.29 is 24.3 Å². The maximum absolute atomic E-state index is 13.9. The Hall–Kier alpha value is -3.86. The molecule has 0 spiro atoms. The number of H-pyrrole nitrogens is 1. The van der Waals surface area contributed by atoms with Gasteiger partial charge >= 0.3 is 0 Å². The maximum atomic E-state index is 13.9. The molecule has 11 nitrogen and oxygen atoms in total. The van der Waals surface area contributed by atoms with Crippen LogP contribution in [0.15, 0.2) is 41.8 Å². The van der Waals surface area contributed by atoms with Gasteiger partial charge in [0.25, 0.3) is 0 Å². The number of carbonyl (C=O) groups excluding carboxylic acids is 4. The van der Waals surface area contributed by atoms with Crippen molar-refractivity contribution in [1.29, 1.82) is 0 Å². The van der Waals surface area contributed by atoms with Crippen LogP contribution in [0.25, 0.3) is 0 Å². The number of benzene rings is 1. The molecule has 0 radical (unpaired) electrons. The first-order valence-corrected chi connectivity index (χ1v) is 16.7. The lowest BCUT2D eigenvalue weighted by molar-refractivity contribution is -0.133. The van der Waals surface area contributed by atoms with Crippen LogP contribution in [0.5, 0.6) is 5.75 Å². The molecule has 2 amide bonds. The minimum Gasteiger partial charge on any atom is -0.508 e. The highest BCUT2D eigenvalue weighted by Crippen LogP contribution is 2.47. The van der Waals surface area contributed by atoms with E-state index in [1.165, 1.54) is 57.5 Å². The standard InChI is InChI=1S/C35H50N6O5/c1-22(42)31(18-25-12-11-24-6-3-4-7-29(24)25)40-34(45)26(17-27-20-38-21-39-27)19-33(44)32(16-23-9-13-28(43)14-10-23)41-35(46)30(36)8-5-15-37-2/h9-10,13-14,20-21,24-26,29-32,43H,2-8,11-12,15-19,36H2,1H3,(H,38,39)(H,40,45)(H,41,46). The second-order valence-electron chi connectivity index (χ2n) is 13.2. The molecule has 0 aliphatic heterocycles. The summed E-state index contributed by atoms with van der Waals surface area (Å²) in [4.78, 5) is 64.6. The van der Waals surface area contributed by atoms with Crippen LogP contribution in [0.4, 0.5) is 0 Å². The number of nitrogens with one attached hydrogen (secondary N) is 3. The number of phenolic OH excluding ortho intramolecular Hbond substituents is 1. The summed E-state index contributed by atoms with van der Waals surface area (Å²) in [6, 6.07) is 3.99. The fraction of sp³-hybridized carbons (Fsp3) is 0.600. The Morgan fingerprint density at radius 3 is 2.48 bits per heavy atom. The molecule has 6 N–H and O–H groups in total. The van der Waals surface area contributed by atoms with Gasteiger partial charge in [0.15, 0.2) is 11.6 Å². The van der Waals surface area contributed by atoms with Crippen LogP contribution in [0, 0.1) is 23.7 Å². The molecule has 2 aromatic rings. The zero-order valence-electron chi connectivity index (χ0n) is 27.0. The van der Waals surface area contributed by atoms with Crippen molar-refractivity contribution in [3.63, 3.8) is 0 Å². The zero-order chi connectivity index (χ0) is 33.1. The van der Waals surface area contributed by atoms with E-state index in [1.807, 2.05) is 0 Å². The fourth-order valence-corrected chi connectivity index (χ4v) is 7.32. The summed E-state index contributed by atoms with van der Waals surface area (Å²) in [5.41, 5.74) is 7.54. The highest BCUT2D eigenvalue weighted by atomic mass is 16.3. The van der Waals surface area contributed by atoms with Gasteiger partial charge in [0, 0.05) is 31.3 Å². The summed E-state index contributed by atoms with van der Waals surface area (Å²) < 4.78 is 0. The lowest BCUT2D eigenvalue weighted by Crippen LogP contribution is -2.50. The number of hydrogen-bond acceptors (Lipinski definition) is 8. The molecule has 0 saturated heterocycles. The van der Waals surface area contributed by atoms with Crippen molar-refractivity contribution in [3.05, 3.63) is 48.0 Å². The number of aliphatic imine (C=N–C) groups is 1. The predicted molar refractivity (Wildman–Crippen MR) is 176 cm³/mol. The van der Waals surface area contributed by atoms with E-state index in [2.05, 4.69) is 32.3 Å². The number of aromatic hydroxyl groups is 1. The molecule has 4 rings (SSSR count). The quantitative estimate of drug-likeness (QED) is 0.123. The van der Waals surface area contributed by atoms with Crippen molar-refractivity contribution in [1.82, 2.24) is 20.6 Å². The van der Waals surface area contributed by atoms with Crippen LogP contribution in [0.1, 0.15) is 82.4 Å². The summed E-state index contributed by atoms with van der Waals surface area (Å²) in [6.07, 6.45) is 12.1. The van der Waals surface area contributed by atoms with E-state index in [-0.39, 0.29) is 42.5 Å². The Labute approximate surface area is 271 Å². The Morgan fingerprint density at radius 1 is 1.04 bits per heavy atom. The SMILES string of the molecule is C=NCCCC(N)C(=O)NC(Cc1ccc(O)cc1)C(=O)CC(Cc1cnc[nH]1)C(=O)NC(CC1CCC2CCCCC21)C(C)=O. The van der Waals surface area contributed by atoms with Crippen LogP contribution < -0.4 is 16.4 Å². The molecule has 2 saturated carbocycles. The molecular weight excluding hydrogens is 584 g/mol. The smallest absolute Gasteiger partial charge is 0.237 e. The third-order valence-electron chi connectivity index (χ3n) is 9.92. The number of hydrogen-bond donors (Lipinski definition) is 5. The lowest BCUT2D eigenvalue weighted by atomic mass is 9.76. The van der Waals surface area contributed by atoms with Crippen LogP contribution in [-0.2, 0) is 32.0 Å². The van der Waals surface area contributed by atoms with Crippen LogP contribution in [-0.4, -0.2) is 69.8 Å². The van der Waals surface area contributed by atoms with Crippen molar-refractivity contribution in [2.75, 3.05) is 6.54 Å². The number of fused-ring (bicyclic) bond motifs is 1. The molecule has 1 heterocycles. The van der Waals surface area contributed by atoms with Crippen molar-refractivity contribution >= 4 is 30.1 Å². The molecule has 46 heavy (non-hydrogen) atoms. The first-order valence-electron chi connectivity index (χ1n) is 16.7. The molecule has 7 unspecified atom stereocenters. The second-order valence-corrected chi connectivity index (χ2v) is 13.2. The van der Waals surface area contributed by atoms with Gasteiger partial charge in [-0.1, -0.05) is 31.4 Å². The van der Waals surface area contributed by atoms with Gasteiger partial charge in [0.1, 0.15) is 5.75 Å². The molecule has 0 bridgehead atoms. The van der Waals surface area contributed by atoms with E-state index >= 15 is 0 Å². The van der Waals surface area contributed by atoms with Crippen molar-refractivity contribution in [3.8, 4) is 5.75 Å². The largest absolute Gasteiger partial charge is 0.508 e. The molecule has 2 fully saturated rings. The summed E-state index contributed by atoms with van der Waals surface area (Å²) in [5.74, 6) is -0.232. The van der Waals surface area contributed by atoms with Crippen LogP contribution in [0.2, 0.25) is 0 Å². The Kier molecular flexibility index (Phi) is 13.1. The van der Waals surface area contributed by atoms with Gasteiger partial charge in [-0.15, -0.1) is 0 Å². The Morgan fingerprint density at radius 2 is 1.78 bits per heavy atom. The summed E-state index contributed by atoms with van der Waals surface area (Å²) in [7, 11) is 0. The highest BCUT2D eigenvalue weighted by molar-refractivity contribution is 5.95. The van der Waals surface area contributed by atoms with Gasteiger partial charge < -0.3 is 31.5 Å². The third-order valence-corrected chi connectivity index (χ3v) is 9.92. The average molecular weight is 635 g/mol. The molecule has 250 valence electrons. The number of aromatic nitrogens is 2. The monoisotopic (exact) mass is 634 g/mol. The number of nitrogens with zero attached hydrogens (tertiary/aromatic N) is 2. The van der Waals surface area contributed by atoms with E-state index in [0.29, 0.717) is 43.3 Å². The maximum Gasteiger partial charge on any atom is 0.237 e. The summed E-state index contributed by atoms with van der Waals surface area (Å²) in [6.45, 7) is 5.45. The van der Waals surface area contributed by atoms with Crippen LogP contribution in [0.3, 0.4) is 0 Å². The lowest BCUT2D eigenvalue weighted by Gasteiger charge is -2.31. The number of amides is 2. The molecule has 11 heteroatoms. The normalized spacial score (nSPS) is 21.7. The van der Waals surface area contributed by atoms with Crippen LogP contribution >= 0.6 is 0 Å². The Balaban J connectivity index is 1.49. The number of rotatable bonds is 18. The number of aromatic amines is 1. The average Bonchev–Trinajstić information content (AvgIpc) is 3.71. The number of imidazole rings is 1. The van der Waals surface area contributed by atoms with Gasteiger partial charge in [0.2, 0.25) is 11.8 Å². The minimum absolute atomic E-state index is 0.0847. The predicted octanol–water partition coefficient (Wildman–Crippen LogP) is 3.45. The minimum atomic E-state index is -0.956. The molecule has 2 aliphatic carbocycles. The van der Waals surface area contributed by atoms with Crippen molar-refractivity contribution in [2.24, 2.45) is 34.4 Å². The van der Waals surface area contributed by atoms with E-state index in [1.54, 1.807) is 18.3 Å². The second kappa shape index (κ2) is 17.2. The van der Waals surface area contributed by atoms with E-state index < -0.39 is 30.0 Å². The number of ketones is 2. The first kappa shape index (κ1) is 35.0. The molecule has 1 aromatic carbocycles. The zero-order valence-corrected chi connectivity index (χ0v) is 27.0. The Bertz CT molecular complexity index is 1310. The molecule has 2 aliphatic rings. The van der Waals surface area contributed by atoms with E-state index in [4.69, 9.17) is 5.73 Å². The van der Waals surface area contributed by atoms with E-state index in [0.717, 1.165) is 17.9 Å². The number of Topliss-reactive ketones (excluding diaryl/α,β-unsaturated/α-hetero) is 2. The third kappa shape index (κ3) is 10.1. The van der Waals surface area contributed by atoms with E-state index in [9.17, 15) is 24.3 Å². The number of carbonyl (C=O) groups is 4. The molecular formula is C35H50N6O5. The number of phenols is 1. The first-order chi connectivity index (χ1) is 22.1. The number of nitrogens with two attached hydrogens (primary N) is 1. The molecule has 7 atom stereocenters. The van der Waals surface area contributed by atoms with Gasteiger partial charge in [-0.2, -0.15) is 0 Å². The van der Waals surface area contributed by atoms with Gasteiger partial charge in [-0.3, -0.25) is 19.2 Å². The van der Waals surface area contributed by atoms with Gasteiger partial charge in [-0.05, 0) is 94.0 Å². The van der Waals surface area contributed by atoms with Crippen molar-refractivity contribution in [2.45, 2.75) is 102 Å². The topological polar surface area (TPSA) is 180 Å².